The summed E-state index contributed by atoms with van der Waals surface area (Å²) in [4.78, 5) is 19.1. The fraction of sp³-hybridized carbons (Fsp3) is 0.250. The summed E-state index contributed by atoms with van der Waals surface area (Å²) in [6.07, 6.45) is 1.88. The maximum absolute atomic E-state index is 12.6. The van der Waals surface area contributed by atoms with Gasteiger partial charge < -0.3 is 14.6 Å². The molecule has 1 N–H and O–H groups in total. The number of aromatic carboxylic acids is 1. The van der Waals surface area contributed by atoms with Crippen molar-refractivity contribution in [2.45, 2.75) is 20.1 Å². The van der Waals surface area contributed by atoms with E-state index in [1.54, 1.807) is 30.3 Å². The third-order valence-electron chi connectivity index (χ3n) is 5.48. The number of para-hydroxylation sites is 1. The highest BCUT2D eigenvalue weighted by Gasteiger charge is 2.28. The SMILES string of the molecule is CCN1CC(=Cc2ccc(OC(F)F)c(OC)c2)c2nc3ccccc3c(C(=O)O)c2C1. The molecule has 0 aliphatic carbocycles. The number of ether oxygens (including phenoxy) is 2. The predicted octanol–water partition coefficient (Wildman–Crippen LogP) is 4.92. The van der Waals surface area contributed by atoms with Crippen LogP contribution in [0.1, 0.15) is 34.1 Å². The highest BCUT2D eigenvalue weighted by atomic mass is 19.3. The molecule has 0 amide bonds. The van der Waals surface area contributed by atoms with Gasteiger partial charge in [0.05, 0.1) is 23.9 Å². The largest absolute Gasteiger partial charge is 0.493 e. The second-order valence-corrected chi connectivity index (χ2v) is 7.40. The zero-order chi connectivity index (χ0) is 22.8. The Morgan fingerprint density at radius 2 is 2.00 bits per heavy atom. The Balaban J connectivity index is 1.88. The third-order valence-corrected chi connectivity index (χ3v) is 5.48. The zero-order valence-corrected chi connectivity index (χ0v) is 17.6. The van der Waals surface area contributed by atoms with E-state index in [9.17, 15) is 18.7 Å². The number of rotatable bonds is 6. The van der Waals surface area contributed by atoms with Crippen LogP contribution in [-0.2, 0) is 6.54 Å². The molecule has 32 heavy (non-hydrogen) atoms. The molecule has 1 aliphatic rings. The number of carboxylic acids is 1. The van der Waals surface area contributed by atoms with Crippen LogP contribution in [0.2, 0.25) is 0 Å². The molecule has 0 saturated heterocycles. The predicted molar refractivity (Wildman–Crippen MR) is 117 cm³/mol. The summed E-state index contributed by atoms with van der Waals surface area (Å²) in [5, 5.41) is 10.6. The number of fused-ring (bicyclic) bond motifs is 2. The number of pyridine rings is 1. The lowest BCUT2D eigenvalue weighted by atomic mass is 9.92. The molecule has 0 atom stereocenters. The standard InChI is InChI=1S/C24H22F2N2O4/c1-3-28-12-15(10-14-8-9-19(32-24(25)26)20(11-14)31-2)22-17(13-28)21(23(29)30)16-6-4-5-7-18(16)27-22/h4-11,24H,3,12-13H2,1-2H3,(H,29,30). The second-order valence-electron chi connectivity index (χ2n) is 7.40. The average molecular weight is 440 g/mol. The van der Waals surface area contributed by atoms with Gasteiger partial charge in [-0.05, 0) is 42.0 Å². The van der Waals surface area contributed by atoms with Gasteiger partial charge in [0.15, 0.2) is 11.5 Å². The Kier molecular flexibility index (Phi) is 6.05. The van der Waals surface area contributed by atoms with Crippen LogP contribution in [0.3, 0.4) is 0 Å². The van der Waals surface area contributed by atoms with Gasteiger partial charge in [-0.3, -0.25) is 4.90 Å². The number of nitrogens with zero attached hydrogens (tertiary/aromatic N) is 2. The highest BCUT2D eigenvalue weighted by molar-refractivity contribution is 6.06. The molecule has 0 radical (unpaired) electrons. The molecule has 0 spiro atoms. The van der Waals surface area contributed by atoms with Gasteiger partial charge in [-0.25, -0.2) is 9.78 Å². The lowest BCUT2D eigenvalue weighted by molar-refractivity contribution is -0.0512. The van der Waals surface area contributed by atoms with Gasteiger partial charge in [-0.2, -0.15) is 8.78 Å². The first-order valence-corrected chi connectivity index (χ1v) is 10.1. The fourth-order valence-corrected chi connectivity index (χ4v) is 4.02. The van der Waals surface area contributed by atoms with Crippen molar-refractivity contribution in [2.75, 3.05) is 20.2 Å². The topological polar surface area (TPSA) is 71.9 Å². The molecule has 4 rings (SSSR count). The number of aromatic nitrogens is 1. The summed E-state index contributed by atoms with van der Waals surface area (Å²) in [7, 11) is 1.38. The molecule has 0 unspecified atom stereocenters. The third kappa shape index (κ3) is 4.13. The normalized spacial score (nSPS) is 15.2. The zero-order valence-electron chi connectivity index (χ0n) is 17.6. The number of halogens is 2. The van der Waals surface area contributed by atoms with Crippen molar-refractivity contribution in [2.24, 2.45) is 0 Å². The van der Waals surface area contributed by atoms with Gasteiger partial charge in [-0.1, -0.05) is 31.2 Å². The van der Waals surface area contributed by atoms with Crippen LogP contribution < -0.4 is 9.47 Å². The van der Waals surface area contributed by atoms with Crippen molar-refractivity contribution >= 4 is 28.5 Å². The van der Waals surface area contributed by atoms with E-state index in [1.807, 2.05) is 19.1 Å². The molecule has 0 saturated carbocycles. The number of hydrogen-bond donors (Lipinski definition) is 1. The minimum Gasteiger partial charge on any atom is -0.493 e. The van der Waals surface area contributed by atoms with E-state index in [1.165, 1.54) is 13.2 Å². The Labute approximate surface area is 183 Å². The molecule has 1 aromatic heterocycles. The van der Waals surface area contributed by atoms with Crippen molar-refractivity contribution in [1.82, 2.24) is 9.88 Å². The van der Waals surface area contributed by atoms with Gasteiger partial charge >= 0.3 is 12.6 Å². The first-order chi connectivity index (χ1) is 15.4. The number of carbonyl (C=O) groups is 1. The second kappa shape index (κ2) is 8.92. The van der Waals surface area contributed by atoms with Crippen LogP contribution >= 0.6 is 0 Å². The molecule has 6 nitrogen and oxygen atoms in total. The monoisotopic (exact) mass is 440 g/mol. The Bertz CT molecular complexity index is 1210. The Hall–Kier alpha value is -3.52. The van der Waals surface area contributed by atoms with Crippen LogP contribution in [-0.4, -0.2) is 47.8 Å². The summed E-state index contributed by atoms with van der Waals surface area (Å²) in [5.41, 5.74) is 3.71. The van der Waals surface area contributed by atoms with E-state index >= 15 is 0 Å². The lowest BCUT2D eigenvalue weighted by Crippen LogP contribution is -2.31. The van der Waals surface area contributed by atoms with Crippen molar-refractivity contribution < 1.29 is 28.2 Å². The molecule has 2 aromatic carbocycles. The fourth-order valence-electron chi connectivity index (χ4n) is 4.02. The minimum atomic E-state index is -2.96. The number of likely N-dealkylation sites (N-methyl/N-ethyl adjacent to an activating group) is 1. The molecular formula is C24H22F2N2O4. The summed E-state index contributed by atoms with van der Waals surface area (Å²) in [6, 6.07) is 11.9. The maximum atomic E-state index is 12.6. The van der Waals surface area contributed by atoms with Gasteiger partial charge in [0.2, 0.25) is 0 Å². The van der Waals surface area contributed by atoms with Crippen molar-refractivity contribution in [3.05, 3.63) is 64.8 Å². The number of carboxylic acid groups (broad SMARTS) is 1. The summed E-state index contributed by atoms with van der Waals surface area (Å²) < 4.78 is 35.0. The Morgan fingerprint density at radius 3 is 2.69 bits per heavy atom. The maximum Gasteiger partial charge on any atom is 0.387 e. The van der Waals surface area contributed by atoms with Crippen LogP contribution in [0.25, 0.3) is 22.6 Å². The molecular weight excluding hydrogens is 418 g/mol. The molecule has 3 aromatic rings. The minimum absolute atomic E-state index is 0.0545. The van der Waals surface area contributed by atoms with Gasteiger partial charge in [0, 0.05) is 24.0 Å². The number of benzene rings is 2. The molecule has 8 heteroatoms. The van der Waals surface area contributed by atoms with Gasteiger partial charge in [-0.15, -0.1) is 0 Å². The van der Waals surface area contributed by atoms with E-state index in [4.69, 9.17) is 9.72 Å². The summed E-state index contributed by atoms with van der Waals surface area (Å²) in [5.74, 6) is -0.866. The average Bonchev–Trinajstić information content (AvgIpc) is 2.77. The van der Waals surface area contributed by atoms with Gasteiger partial charge in [0.25, 0.3) is 0 Å². The first-order valence-electron chi connectivity index (χ1n) is 10.1. The van der Waals surface area contributed by atoms with Crippen LogP contribution in [0.15, 0.2) is 42.5 Å². The van der Waals surface area contributed by atoms with Crippen molar-refractivity contribution in [1.29, 1.82) is 0 Å². The van der Waals surface area contributed by atoms with E-state index in [0.29, 0.717) is 40.8 Å². The quantitative estimate of drug-likeness (QED) is 0.587. The summed E-state index contributed by atoms with van der Waals surface area (Å²) >= 11 is 0. The van der Waals surface area contributed by atoms with E-state index < -0.39 is 12.6 Å². The first kappa shape index (κ1) is 21.7. The summed E-state index contributed by atoms with van der Waals surface area (Å²) in [6.45, 7) is 0.839. The molecule has 0 fully saturated rings. The number of methoxy groups -OCH3 is 1. The van der Waals surface area contributed by atoms with Crippen LogP contribution in [0.4, 0.5) is 8.78 Å². The van der Waals surface area contributed by atoms with Gasteiger partial charge in [0.1, 0.15) is 0 Å². The lowest BCUT2D eigenvalue weighted by Gasteiger charge is -2.30. The molecule has 0 bridgehead atoms. The van der Waals surface area contributed by atoms with Crippen molar-refractivity contribution in [3.63, 3.8) is 0 Å². The van der Waals surface area contributed by atoms with Crippen molar-refractivity contribution in [3.8, 4) is 11.5 Å². The highest BCUT2D eigenvalue weighted by Crippen LogP contribution is 2.35. The number of alkyl halides is 2. The van der Waals surface area contributed by atoms with E-state index in [2.05, 4.69) is 9.64 Å². The van der Waals surface area contributed by atoms with Crippen LogP contribution in [0.5, 0.6) is 11.5 Å². The Morgan fingerprint density at radius 1 is 1.22 bits per heavy atom. The molecule has 2 heterocycles. The number of hydrogen-bond acceptors (Lipinski definition) is 5. The van der Waals surface area contributed by atoms with Crippen LogP contribution in [0, 0.1) is 0 Å². The molecule has 1 aliphatic heterocycles. The van der Waals surface area contributed by atoms with E-state index in [-0.39, 0.29) is 17.1 Å². The molecule has 166 valence electrons. The smallest absolute Gasteiger partial charge is 0.387 e. The van der Waals surface area contributed by atoms with E-state index in [0.717, 1.165) is 12.1 Å².